The van der Waals surface area contributed by atoms with Crippen molar-refractivity contribution in [3.63, 3.8) is 0 Å². The Balaban J connectivity index is 1.43. The number of hydrogen-bond donors (Lipinski definition) is 3. The molecule has 0 aliphatic carbocycles. The van der Waals surface area contributed by atoms with Crippen molar-refractivity contribution in [1.82, 2.24) is 15.3 Å². The lowest BCUT2D eigenvalue weighted by atomic mass is 10.1. The monoisotopic (exact) mass is 503 g/mol. The molecule has 194 valence electrons. The first kappa shape index (κ1) is 25.0. The highest BCUT2D eigenvalue weighted by atomic mass is 16.5. The SMILES string of the molecule is CC1CCNC(=O)c2ccc(c(N)c2)-c2ccnc(n2)Nc2ccc(OCC3CCOC3)c(c2)COC1. The third-order valence-electron chi connectivity index (χ3n) is 6.64. The highest BCUT2D eigenvalue weighted by molar-refractivity contribution is 5.96. The minimum atomic E-state index is -0.153. The van der Waals surface area contributed by atoms with Crippen LogP contribution in [0.3, 0.4) is 0 Å². The first-order valence-electron chi connectivity index (χ1n) is 12.7. The van der Waals surface area contributed by atoms with Crippen molar-refractivity contribution in [1.29, 1.82) is 0 Å². The Bertz CT molecular complexity index is 1240. The summed E-state index contributed by atoms with van der Waals surface area (Å²) in [6.45, 7) is 5.78. The lowest BCUT2D eigenvalue weighted by molar-refractivity contribution is 0.0847. The van der Waals surface area contributed by atoms with E-state index in [4.69, 9.17) is 19.9 Å². The number of benzene rings is 2. The number of nitrogen functional groups attached to an aromatic ring is 1. The van der Waals surface area contributed by atoms with Crippen LogP contribution < -0.4 is 21.1 Å². The summed E-state index contributed by atoms with van der Waals surface area (Å²) < 4.78 is 17.7. The van der Waals surface area contributed by atoms with Crippen molar-refractivity contribution < 1.29 is 19.0 Å². The van der Waals surface area contributed by atoms with E-state index < -0.39 is 0 Å². The van der Waals surface area contributed by atoms with Gasteiger partial charge in [-0.25, -0.2) is 9.97 Å². The summed E-state index contributed by atoms with van der Waals surface area (Å²) in [6, 6.07) is 13.0. The molecule has 37 heavy (non-hydrogen) atoms. The summed E-state index contributed by atoms with van der Waals surface area (Å²) in [5.41, 5.74) is 10.5. The number of anilines is 3. The van der Waals surface area contributed by atoms with Crippen LogP contribution in [0.5, 0.6) is 5.75 Å². The van der Waals surface area contributed by atoms with Gasteiger partial charge < -0.3 is 30.6 Å². The lowest BCUT2D eigenvalue weighted by Gasteiger charge is -2.17. The number of carbonyl (C=O) groups excluding carboxylic acids is 1. The molecular weight excluding hydrogens is 470 g/mol. The summed E-state index contributed by atoms with van der Waals surface area (Å²) >= 11 is 0. The number of aromatic nitrogens is 2. The Hall–Kier alpha value is -3.69. The van der Waals surface area contributed by atoms with E-state index >= 15 is 0 Å². The maximum atomic E-state index is 12.6. The molecule has 0 spiro atoms. The van der Waals surface area contributed by atoms with Gasteiger partial charge in [0.25, 0.3) is 5.91 Å². The normalized spacial score (nSPS) is 20.3. The van der Waals surface area contributed by atoms with Gasteiger partial charge in [-0.1, -0.05) is 6.92 Å². The molecule has 1 fully saturated rings. The number of nitrogens with one attached hydrogen (secondary N) is 2. The van der Waals surface area contributed by atoms with E-state index in [0.717, 1.165) is 48.6 Å². The number of rotatable bonds is 3. The molecule has 6 rings (SSSR count). The van der Waals surface area contributed by atoms with Gasteiger partial charge in [-0.3, -0.25) is 4.79 Å². The van der Waals surface area contributed by atoms with Crippen LogP contribution in [0.25, 0.3) is 11.3 Å². The maximum Gasteiger partial charge on any atom is 0.251 e. The number of nitrogens with two attached hydrogens (primary N) is 1. The predicted octanol–water partition coefficient (Wildman–Crippen LogP) is 4.17. The minimum Gasteiger partial charge on any atom is -0.493 e. The predicted molar refractivity (Wildman–Crippen MR) is 142 cm³/mol. The molecule has 9 nitrogen and oxygen atoms in total. The second kappa shape index (κ2) is 11.6. The number of hydrogen-bond acceptors (Lipinski definition) is 8. The van der Waals surface area contributed by atoms with Gasteiger partial charge in [-0.15, -0.1) is 0 Å². The van der Waals surface area contributed by atoms with E-state index in [9.17, 15) is 4.79 Å². The zero-order valence-electron chi connectivity index (χ0n) is 21.0. The van der Waals surface area contributed by atoms with Crippen molar-refractivity contribution in [2.45, 2.75) is 26.4 Å². The minimum absolute atomic E-state index is 0.153. The second-order valence-corrected chi connectivity index (χ2v) is 9.72. The van der Waals surface area contributed by atoms with Crippen LogP contribution in [-0.4, -0.2) is 48.8 Å². The quantitative estimate of drug-likeness (QED) is 0.456. The molecule has 9 heteroatoms. The second-order valence-electron chi connectivity index (χ2n) is 9.72. The summed E-state index contributed by atoms with van der Waals surface area (Å²) in [5.74, 6) is 1.76. The molecule has 3 aliphatic heterocycles. The standard InChI is InChI=1S/C28H33N5O4/c1-18-6-9-30-27(34)20-2-4-23(24(29)13-20)25-7-10-31-28(33-25)32-22-3-5-26(21(12-22)17-36-14-18)37-16-19-8-11-35-15-19/h2-5,7,10,12-13,18-19H,6,8-9,11,14-17,29H2,1H3,(H,30,34)(H,31,32,33). The van der Waals surface area contributed by atoms with Crippen LogP contribution in [0.4, 0.5) is 17.3 Å². The molecule has 3 aromatic rings. The fraction of sp³-hybridized carbons (Fsp3) is 0.393. The molecule has 1 amide bonds. The van der Waals surface area contributed by atoms with Gasteiger partial charge >= 0.3 is 0 Å². The van der Waals surface area contributed by atoms with Gasteiger partial charge in [-0.05, 0) is 61.2 Å². The van der Waals surface area contributed by atoms with Crippen molar-refractivity contribution in [3.8, 4) is 17.0 Å². The summed E-state index contributed by atoms with van der Waals surface area (Å²) in [4.78, 5) is 21.7. The summed E-state index contributed by atoms with van der Waals surface area (Å²) in [5, 5.41) is 6.27. The van der Waals surface area contributed by atoms with Crippen LogP contribution >= 0.6 is 0 Å². The molecule has 4 N–H and O–H groups in total. The largest absolute Gasteiger partial charge is 0.493 e. The Morgan fingerprint density at radius 3 is 2.86 bits per heavy atom. The van der Waals surface area contributed by atoms with Gasteiger partial charge in [0.2, 0.25) is 5.95 Å². The molecule has 6 bridgehead atoms. The average molecular weight is 504 g/mol. The third kappa shape index (κ3) is 6.36. The molecule has 1 saturated heterocycles. The van der Waals surface area contributed by atoms with Crippen LogP contribution in [0.15, 0.2) is 48.7 Å². The van der Waals surface area contributed by atoms with Gasteiger partial charge in [0.1, 0.15) is 5.75 Å². The first-order valence-corrected chi connectivity index (χ1v) is 12.7. The molecule has 1 aromatic heterocycles. The molecule has 0 saturated carbocycles. The van der Waals surface area contributed by atoms with Gasteiger partial charge in [0.05, 0.1) is 25.5 Å². The number of amides is 1. The van der Waals surface area contributed by atoms with Crippen molar-refractivity contribution >= 4 is 23.2 Å². The summed E-state index contributed by atoms with van der Waals surface area (Å²) in [7, 11) is 0. The molecule has 2 unspecified atom stereocenters. The Morgan fingerprint density at radius 1 is 1.11 bits per heavy atom. The van der Waals surface area contributed by atoms with Crippen LogP contribution in [0, 0.1) is 11.8 Å². The molecule has 2 atom stereocenters. The van der Waals surface area contributed by atoms with E-state index in [2.05, 4.69) is 27.5 Å². The van der Waals surface area contributed by atoms with Gasteiger partial charge in [-0.2, -0.15) is 0 Å². The van der Waals surface area contributed by atoms with Crippen molar-refractivity contribution in [2.24, 2.45) is 11.8 Å². The maximum absolute atomic E-state index is 12.6. The average Bonchev–Trinajstić information content (AvgIpc) is 3.41. The van der Waals surface area contributed by atoms with Crippen LogP contribution in [0.2, 0.25) is 0 Å². The highest BCUT2D eigenvalue weighted by Gasteiger charge is 2.18. The zero-order chi connectivity index (χ0) is 25.6. The van der Waals surface area contributed by atoms with Gasteiger partial charge in [0.15, 0.2) is 0 Å². The Morgan fingerprint density at radius 2 is 2.03 bits per heavy atom. The summed E-state index contributed by atoms with van der Waals surface area (Å²) in [6.07, 6.45) is 3.49. The fourth-order valence-electron chi connectivity index (χ4n) is 4.46. The Labute approximate surface area is 216 Å². The molecule has 3 aliphatic rings. The van der Waals surface area contributed by atoms with Gasteiger partial charge in [0, 0.05) is 59.9 Å². The smallest absolute Gasteiger partial charge is 0.251 e. The third-order valence-corrected chi connectivity index (χ3v) is 6.64. The topological polar surface area (TPSA) is 121 Å². The molecular formula is C28H33N5O4. The number of ether oxygens (including phenoxy) is 3. The fourth-order valence-corrected chi connectivity index (χ4v) is 4.46. The Kier molecular flexibility index (Phi) is 7.82. The first-order chi connectivity index (χ1) is 18.0. The van der Waals surface area contributed by atoms with Crippen molar-refractivity contribution in [2.75, 3.05) is 44.0 Å². The number of carbonyl (C=O) groups is 1. The number of fused-ring (bicyclic) bond motifs is 9. The molecule has 2 aromatic carbocycles. The van der Waals surface area contributed by atoms with Crippen molar-refractivity contribution in [3.05, 3.63) is 59.8 Å². The number of nitrogens with zero attached hydrogens (tertiary/aromatic N) is 2. The lowest BCUT2D eigenvalue weighted by Crippen LogP contribution is -2.26. The molecule has 0 radical (unpaired) electrons. The highest BCUT2D eigenvalue weighted by Crippen LogP contribution is 2.29. The van der Waals surface area contributed by atoms with Crippen LogP contribution in [0.1, 0.15) is 35.7 Å². The van der Waals surface area contributed by atoms with E-state index in [-0.39, 0.29) is 11.8 Å². The van der Waals surface area contributed by atoms with Crippen LogP contribution in [-0.2, 0) is 16.1 Å². The van der Waals surface area contributed by atoms with E-state index in [1.54, 1.807) is 24.4 Å². The van der Waals surface area contributed by atoms with E-state index in [1.807, 2.05) is 24.3 Å². The van der Waals surface area contributed by atoms with E-state index in [0.29, 0.717) is 55.2 Å². The zero-order valence-corrected chi connectivity index (χ0v) is 21.0. The van der Waals surface area contributed by atoms with E-state index in [1.165, 1.54) is 0 Å². The molecule has 4 heterocycles.